The highest BCUT2D eigenvalue weighted by atomic mass is 35.5. The third-order valence-corrected chi connectivity index (χ3v) is 5.10. The lowest BCUT2D eigenvalue weighted by Crippen LogP contribution is -2.40. The molecule has 0 saturated heterocycles. The topological polar surface area (TPSA) is 92.7 Å². The molecule has 2 aromatic carbocycles. The molecule has 0 radical (unpaired) electrons. The molecule has 8 heteroatoms. The van der Waals surface area contributed by atoms with Crippen molar-refractivity contribution in [3.8, 4) is 11.5 Å². The Hall–Kier alpha value is -2.09. The predicted molar refractivity (Wildman–Crippen MR) is 94.6 cm³/mol. The van der Waals surface area contributed by atoms with Gasteiger partial charge in [-0.1, -0.05) is 24.9 Å². The maximum Gasteiger partial charge on any atom is 0.321 e. The molecule has 2 aromatic rings. The normalized spacial score (nSPS) is 12.6. The third-order valence-electron chi connectivity index (χ3n) is 3.36. The first-order valence-corrected chi connectivity index (χ1v) is 9.46. The first-order chi connectivity index (χ1) is 11.8. The monoisotopic (exact) mass is 383 g/mol. The van der Waals surface area contributed by atoms with Gasteiger partial charge in [0.2, 0.25) is 10.0 Å². The first kappa shape index (κ1) is 19.2. The summed E-state index contributed by atoms with van der Waals surface area (Å²) in [6, 6.07) is 11.3. The SMILES string of the molecule is CCCC(NS(=O)(=O)c1ccc(Oc2ccc(Cl)cc2)cc1)C(=O)O. The van der Waals surface area contributed by atoms with Crippen molar-refractivity contribution in [2.45, 2.75) is 30.7 Å². The number of carboxylic acid groups (broad SMARTS) is 1. The molecule has 0 aliphatic rings. The fourth-order valence-corrected chi connectivity index (χ4v) is 3.45. The second kappa shape index (κ2) is 8.33. The minimum absolute atomic E-state index is 0.0293. The van der Waals surface area contributed by atoms with Crippen LogP contribution >= 0.6 is 11.6 Å². The second-order valence-electron chi connectivity index (χ2n) is 5.33. The second-order valence-corrected chi connectivity index (χ2v) is 7.48. The molecule has 25 heavy (non-hydrogen) atoms. The quantitative estimate of drug-likeness (QED) is 0.725. The van der Waals surface area contributed by atoms with Crippen LogP contribution in [0.1, 0.15) is 19.8 Å². The number of carbonyl (C=O) groups is 1. The zero-order valence-electron chi connectivity index (χ0n) is 13.5. The number of hydrogen-bond donors (Lipinski definition) is 2. The summed E-state index contributed by atoms with van der Waals surface area (Å²) in [5, 5.41) is 9.67. The standard InChI is InChI=1S/C17H18ClNO5S/c1-2-3-16(17(20)21)19-25(22,23)15-10-8-14(9-11-15)24-13-6-4-12(18)5-7-13/h4-11,16,19H,2-3H2,1H3,(H,20,21). The molecule has 0 spiro atoms. The minimum Gasteiger partial charge on any atom is -0.480 e. The van der Waals surface area contributed by atoms with E-state index in [1.54, 1.807) is 31.2 Å². The van der Waals surface area contributed by atoms with Crippen molar-refractivity contribution in [1.29, 1.82) is 0 Å². The Kier molecular flexibility index (Phi) is 6.41. The molecule has 0 fully saturated rings. The molecule has 0 saturated carbocycles. The van der Waals surface area contributed by atoms with E-state index in [-0.39, 0.29) is 11.3 Å². The maximum atomic E-state index is 12.3. The van der Waals surface area contributed by atoms with Crippen LogP contribution in [0.3, 0.4) is 0 Å². The number of halogens is 1. The van der Waals surface area contributed by atoms with Crippen LogP contribution in [0.5, 0.6) is 11.5 Å². The lowest BCUT2D eigenvalue weighted by molar-refractivity contribution is -0.139. The van der Waals surface area contributed by atoms with Crippen molar-refractivity contribution < 1.29 is 23.1 Å². The Labute approximate surface area is 151 Å². The Morgan fingerprint density at radius 2 is 1.64 bits per heavy atom. The molecule has 1 unspecified atom stereocenters. The van der Waals surface area contributed by atoms with Crippen molar-refractivity contribution in [3.63, 3.8) is 0 Å². The van der Waals surface area contributed by atoms with Crippen molar-refractivity contribution in [2.24, 2.45) is 0 Å². The number of carboxylic acids is 1. The van der Waals surface area contributed by atoms with E-state index in [4.69, 9.17) is 21.4 Å². The lowest BCUT2D eigenvalue weighted by Gasteiger charge is -2.14. The highest BCUT2D eigenvalue weighted by Gasteiger charge is 2.24. The van der Waals surface area contributed by atoms with Crippen molar-refractivity contribution in [1.82, 2.24) is 4.72 Å². The highest BCUT2D eigenvalue weighted by molar-refractivity contribution is 7.89. The van der Waals surface area contributed by atoms with E-state index in [1.807, 2.05) is 0 Å². The van der Waals surface area contributed by atoms with E-state index in [0.717, 1.165) is 0 Å². The van der Waals surface area contributed by atoms with Gasteiger partial charge in [0.1, 0.15) is 17.5 Å². The summed E-state index contributed by atoms with van der Waals surface area (Å²) in [6.07, 6.45) is 0.764. The van der Waals surface area contributed by atoms with Crippen LogP contribution in [0.2, 0.25) is 5.02 Å². The van der Waals surface area contributed by atoms with Crippen LogP contribution in [0.25, 0.3) is 0 Å². The number of sulfonamides is 1. The van der Waals surface area contributed by atoms with Crippen LogP contribution in [-0.2, 0) is 14.8 Å². The number of hydrogen-bond acceptors (Lipinski definition) is 4. The Morgan fingerprint density at radius 3 is 2.12 bits per heavy atom. The summed E-state index contributed by atoms with van der Waals surface area (Å²) in [5.74, 6) is -0.190. The smallest absolute Gasteiger partial charge is 0.321 e. The highest BCUT2D eigenvalue weighted by Crippen LogP contribution is 2.24. The Bertz CT molecular complexity index is 819. The summed E-state index contributed by atoms with van der Waals surface area (Å²) in [4.78, 5) is 11.1. The number of ether oxygens (including phenoxy) is 1. The summed E-state index contributed by atoms with van der Waals surface area (Å²) < 4.78 is 32.4. The molecule has 0 aromatic heterocycles. The zero-order chi connectivity index (χ0) is 18.4. The van der Waals surface area contributed by atoms with E-state index in [0.29, 0.717) is 22.9 Å². The van der Waals surface area contributed by atoms with Gasteiger partial charge >= 0.3 is 5.97 Å². The van der Waals surface area contributed by atoms with E-state index in [1.165, 1.54) is 24.3 Å². The van der Waals surface area contributed by atoms with E-state index >= 15 is 0 Å². The fraction of sp³-hybridized carbons (Fsp3) is 0.235. The van der Waals surface area contributed by atoms with Gasteiger partial charge in [0.15, 0.2) is 0 Å². The number of nitrogens with one attached hydrogen (secondary N) is 1. The summed E-state index contributed by atoms with van der Waals surface area (Å²) in [6.45, 7) is 1.78. The largest absolute Gasteiger partial charge is 0.480 e. The predicted octanol–water partition coefficient (Wildman–Crippen LogP) is 3.66. The summed E-state index contributed by atoms with van der Waals surface area (Å²) in [7, 11) is -3.93. The van der Waals surface area contributed by atoms with Gasteiger partial charge in [-0.2, -0.15) is 4.72 Å². The third kappa shape index (κ3) is 5.45. The van der Waals surface area contributed by atoms with Gasteiger partial charge < -0.3 is 9.84 Å². The molecule has 0 amide bonds. The Morgan fingerprint density at radius 1 is 1.12 bits per heavy atom. The molecule has 6 nitrogen and oxygen atoms in total. The number of aliphatic carboxylic acids is 1. The average Bonchev–Trinajstić information content (AvgIpc) is 2.57. The first-order valence-electron chi connectivity index (χ1n) is 7.60. The van der Waals surface area contributed by atoms with Gasteiger partial charge in [0.25, 0.3) is 0 Å². The van der Waals surface area contributed by atoms with Crippen LogP contribution in [0, 0.1) is 0 Å². The molecule has 134 valence electrons. The summed E-state index contributed by atoms with van der Waals surface area (Å²) >= 11 is 5.80. The zero-order valence-corrected chi connectivity index (χ0v) is 15.0. The van der Waals surface area contributed by atoms with E-state index < -0.39 is 22.0 Å². The molecule has 0 heterocycles. The molecule has 0 bridgehead atoms. The lowest BCUT2D eigenvalue weighted by atomic mass is 10.2. The molecule has 2 rings (SSSR count). The minimum atomic E-state index is -3.93. The van der Waals surface area contributed by atoms with Gasteiger partial charge in [-0.25, -0.2) is 8.42 Å². The van der Waals surface area contributed by atoms with Crippen molar-refractivity contribution in [3.05, 3.63) is 53.6 Å². The maximum absolute atomic E-state index is 12.3. The number of rotatable bonds is 8. The average molecular weight is 384 g/mol. The fourth-order valence-electron chi connectivity index (χ4n) is 2.10. The van der Waals surface area contributed by atoms with Crippen LogP contribution in [0.15, 0.2) is 53.4 Å². The molecule has 1 atom stereocenters. The van der Waals surface area contributed by atoms with Gasteiger partial charge in [0, 0.05) is 5.02 Å². The van der Waals surface area contributed by atoms with Crippen LogP contribution in [-0.4, -0.2) is 25.5 Å². The molecular weight excluding hydrogens is 366 g/mol. The van der Waals surface area contributed by atoms with E-state index in [9.17, 15) is 13.2 Å². The molecular formula is C17H18ClNO5S. The van der Waals surface area contributed by atoms with Gasteiger partial charge in [-0.3, -0.25) is 4.79 Å². The van der Waals surface area contributed by atoms with Gasteiger partial charge in [-0.15, -0.1) is 0 Å². The molecule has 0 aliphatic heterocycles. The molecule has 2 N–H and O–H groups in total. The van der Waals surface area contributed by atoms with Gasteiger partial charge in [0.05, 0.1) is 4.90 Å². The van der Waals surface area contributed by atoms with Gasteiger partial charge in [-0.05, 0) is 55.0 Å². The number of benzene rings is 2. The van der Waals surface area contributed by atoms with Crippen molar-refractivity contribution in [2.75, 3.05) is 0 Å². The van der Waals surface area contributed by atoms with Crippen LogP contribution < -0.4 is 9.46 Å². The molecule has 0 aliphatic carbocycles. The summed E-state index contributed by atoms with van der Waals surface area (Å²) in [5.41, 5.74) is 0. The van der Waals surface area contributed by atoms with Crippen LogP contribution in [0.4, 0.5) is 0 Å². The van der Waals surface area contributed by atoms with E-state index in [2.05, 4.69) is 4.72 Å². The Balaban J connectivity index is 2.12. The van der Waals surface area contributed by atoms with Crippen molar-refractivity contribution >= 4 is 27.6 Å².